The first-order chi connectivity index (χ1) is 10.0. The summed E-state index contributed by atoms with van der Waals surface area (Å²) in [5, 5.41) is 4.67. The molecule has 2 aliphatic rings. The molecular formula is C15H18N2O3S. The van der Waals surface area contributed by atoms with Crippen molar-refractivity contribution in [3.05, 3.63) is 22.4 Å². The average Bonchev–Trinajstić information content (AvgIpc) is 3.06. The largest absolute Gasteiger partial charge is 0.325 e. The lowest BCUT2D eigenvalue weighted by Crippen LogP contribution is -2.54. The van der Waals surface area contributed by atoms with Crippen LogP contribution in [0.3, 0.4) is 0 Å². The van der Waals surface area contributed by atoms with E-state index in [1.54, 1.807) is 12.1 Å². The highest BCUT2D eigenvalue weighted by Gasteiger charge is 2.55. The molecular weight excluding hydrogens is 288 g/mol. The summed E-state index contributed by atoms with van der Waals surface area (Å²) in [5.41, 5.74) is -0.787. The zero-order valence-corrected chi connectivity index (χ0v) is 12.7. The van der Waals surface area contributed by atoms with Crippen molar-refractivity contribution in [1.82, 2.24) is 10.2 Å². The molecule has 21 heavy (non-hydrogen) atoms. The van der Waals surface area contributed by atoms with Crippen molar-refractivity contribution in [2.45, 2.75) is 38.1 Å². The van der Waals surface area contributed by atoms with E-state index in [2.05, 4.69) is 5.32 Å². The Hall–Kier alpha value is -1.69. The van der Waals surface area contributed by atoms with Gasteiger partial charge in [-0.15, -0.1) is 11.3 Å². The van der Waals surface area contributed by atoms with E-state index in [1.807, 2.05) is 12.3 Å². The zero-order chi connectivity index (χ0) is 15.0. The summed E-state index contributed by atoms with van der Waals surface area (Å²) in [7, 11) is 0. The number of hydrogen-bond donors (Lipinski definition) is 1. The Kier molecular flexibility index (Phi) is 3.57. The van der Waals surface area contributed by atoms with Gasteiger partial charge in [-0.1, -0.05) is 25.8 Å². The highest BCUT2D eigenvalue weighted by atomic mass is 32.1. The summed E-state index contributed by atoms with van der Waals surface area (Å²) in [6.07, 6.45) is 3.62. The molecule has 1 aliphatic carbocycles. The molecule has 3 rings (SSSR count). The fourth-order valence-corrected chi connectivity index (χ4v) is 3.95. The molecule has 2 fully saturated rings. The molecule has 1 aromatic heterocycles. The number of hydrogen-bond acceptors (Lipinski definition) is 4. The normalized spacial score (nSPS) is 29.0. The summed E-state index contributed by atoms with van der Waals surface area (Å²) < 4.78 is 0. The van der Waals surface area contributed by atoms with E-state index in [-0.39, 0.29) is 24.2 Å². The molecule has 1 saturated carbocycles. The Morgan fingerprint density at radius 3 is 2.95 bits per heavy atom. The van der Waals surface area contributed by atoms with E-state index in [0.29, 0.717) is 11.3 Å². The molecule has 1 aromatic rings. The first kappa shape index (κ1) is 14.3. The number of urea groups is 1. The number of nitrogens with zero attached hydrogens (tertiary/aromatic N) is 1. The molecule has 1 saturated heterocycles. The second kappa shape index (κ2) is 5.26. The maximum atomic E-state index is 12.7. The Morgan fingerprint density at radius 1 is 1.48 bits per heavy atom. The van der Waals surface area contributed by atoms with Gasteiger partial charge in [-0.05, 0) is 30.2 Å². The molecule has 112 valence electrons. The second-order valence-electron chi connectivity index (χ2n) is 5.84. The predicted molar refractivity (Wildman–Crippen MR) is 79.3 cm³/mol. The van der Waals surface area contributed by atoms with Crippen LogP contribution in [-0.4, -0.2) is 34.7 Å². The van der Waals surface area contributed by atoms with Crippen molar-refractivity contribution in [2.24, 2.45) is 5.92 Å². The van der Waals surface area contributed by atoms with Crippen molar-refractivity contribution >= 4 is 29.1 Å². The van der Waals surface area contributed by atoms with Crippen LogP contribution in [0.25, 0.3) is 0 Å². The van der Waals surface area contributed by atoms with E-state index in [9.17, 15) is 14.4 Å². The maximum absolute atomic E-state index is 12.7. The summed E-state index contributed by atoms with van der Waals surface area (Å²) in [5.74, 6) is -0.303. The van der Waals surface area contributed by atoms with Gasteiger partial charge >= 0.3 is 6.03 Å². The smallest absolute Gasteiger partial charge is 0.323 e. The number of rotatable bonds is 3. The van der Waals surface area contributed by atoms with E-state index in [1.165, 1.54) is 11.3 Å². The number of amides is 3. The van der Waals surface area contributed by atoms with Crippen LogP contribution in [-0.2, 0) is 4.79 Å². The molecule has 0 radical (unpaired) electrons. The van der Waals surface area contributed by atoms with Gasteiger partial charge in [-0.2, -0.15) is 0 Å². The van der Waals surface area contributed by atoms with E-state index < -0.39 is 11.6 Å². The summed E-state index contributed by atoms with van der Waals surface area (Å²) in [6, 6.07) is 3.07. The van der Waals surface area contributed by atoms with Crippen LogP contribution in [0.2, 0.25) is 0 Å². The number of ketones is 1. The SMILES string of the molecule is C[C@H]1CCCC[C@]12NC(=O)N(CC(=O)c1cccs1)C2=O. The second-order valence-corrected chi connectivity index (χ2v) is 6.79. The third-order valence-electron chi connectivity index (χ3n) is 4.60. The molecule has 0 aromatic carbocycles. The van der Waals surface area contributed by atoms with Crippen molar-refractivity contribution in [2.75, 3.05) is 6.54 Å². The molecule has 2 heterocycles. The minimum absolute atomic E-state index is 0.115. The molecule has 1 aliphatic heterocycles. The Morgan fingerprint density at radius 2 is 2.29 bits per heavy atom. The van der Waals surface area contributed by atoms with Crippen LogP contribution in [0.5, 0.6) is 0 Å². The molecule has 2 atom stereocenters. The third-order valence-corrected chi connectivity index (χ3v) is 5.51. The molecule has 0 unspecified atom stereocenters. The number of thiophene rings is 1. The van der Waals surface area contributed by atoms with Gasteiger partial charge in [-0.25, -0.2) is 4.79 Å². The first-order valence-corrected chi connectivity index (χ1v) is 8.13. The lowest BCUT2D eigenvalue weighted by Gasteiger charge is -2.36. The molecule has 6 heteroatoms. The van der Waals surface area contributed by atoms with Crippen LogP contribution in [0.1, 0.15) is 42.3 Å². The summed E-state index contributed by atoms with van der Waals surface area (Å²) >= 11 is 1.33. The van der Waals surface area contributed by atoms with Crippen LogP contribution in [0, 0.1) is 5.92 Å². The van der Waals surface area contributed by atoms with Crippen molar-refractivity contribution in [1.29, 1.82) is 0 Å². The standard InChI is InChI=1S/C15H18N2O3S/c1-10-5-2-3-7-15(10)13(19)17(14(20)16-15)9-11(18)12-6-4-8-21-12/h4,6,8,10H,2-3,5,7,9H2,1H3,(H,16,20)/t10-,15-/m0/s1. The van der Waals surface area contributed by atoms with Crippen molar-refractivity contribution in [3.8, 4) is 0 Å². The van der Waals surface area contributed by atoms with Crippen molar-refractivity contribution in [3.63, 3.8) is 0 Å². The van der Waals surface area contributed by atoms with Gasteiger partial charge in [0.1, 0.15) is 5.54 Å². The van der Waals surface area contributed by atoms with Gasteiger partial charge in [0.05, 0.1) is 11.4 Å². The Bertz CT molecular complexity index is 584. The van der Waals surface area contributed by atoms with Crippen molar-refractivity contribution < 1.29 is 14.4 Å². The van der Waals surface area contributed by atoms with Gasteiger partial charge in [0.15, 0.2) is 5.78 Å². The maximum Gasteiger partial charge on any atom is 0.325 e. The number of imide groups is 1. The van der Waals surface area contributed by atoms with Crippen LogP contribution < -0.4 is 5.32 Å². The van der Waals surface area contributed by atoms with Gasteiger partial charge in [0, 0.05) is 0 Å². The Balaban J connectivity index is 1.79. The summed E-state index contributed by atoms with van der Waals surface area (Å²) in [6.45, 7) is 1.83. The molecule has 3 amide bonds. The first-order valence-electron chi connectivity index (χ1n) is 7.25. The topological polar surface area (TPSA) is 66.5 Å². The lowest BCUT2D eigenvalue weighted by atomic mass is 9.73. The van der Waals surface area contributed by atoms with Gasteiger partial charge in [-0.3, -0.25) is 14.5 Å². The molecule has 0 bridgehead atoms. The number of Topliss-reactive ketones (excluding diaryl/α,β-unsaturated/α-hetero) is 1. The van der Waals surface area contributed by atoms with Gasteiger partial charge in [0.25, 0.3) is 5.91 Å². The predicted octanol–water partition coefficient (Wildman–Crippen LogP) is 2.43. The van der Waals surface area contributed by atoms with E-state index >= 15 is 0 Å². The van der Waals surface area contributed by atoms with E-state index in [4.69, 9.17) is 0 Å². The quantitative estimate of drug-likeness (QED) is 0.689. The van der Waals surface area contributed by atoms with Crippen LogP contribution in [0.15, 0.2) is 17.5 Å². The minimum atomic E-state index is -0.787. The number of carbonyl (C=O) groups excluding carboxylic acids is 3. The average molecular weight is 306 g/mol. The Labute approximate surface area is 127 Å². The monoisotopic (exact) mass is 306 g/mol. The number of nitrogens with one attached hydrogen (secondary N) is 1. The minimum Gasteiger partial charge on any atom is -0.323 e. The lowest BCUT2D eigenvalue weighted by molar-refractivity contribution is -0.133. The van der Waals surface area contributed by atoms with Crippen LogP contribution in [0.4, 0.5) is 4.79 Å². The molecule has 1 spiro atoms. The molecule has 1 N–H and O–H groups in total. The number of carbonyl (C=O) groups is 3. The zero-order valence-electron chi connectivity index (χ0n) is 11.9. The summed E-state index contributed by atoms with van der Waals surface area (Å²) in [4.78, 5) is 38.7. The fraction of sp³-hybridized carbons (Fsp3) is 0.533. The van der Waals surface area contributed by atoms with Gasteiger partial charge < -0.3 is 5.32 Å². The van der Waals surface area contributed by atoms with E-state index in [0.717, 1.165) is 24.2 Å². The van der Waals surface area contributed by atoms with Gasteiger partial charge in [0.2, 0.25) is 0 Å². The highest BCUT2D eigenvalue weighted by Crippen LogP contribution is 2.38. The third kappa shape index (κ3) is 2.27. The van der Waals surface area contributed by atoms with Crippen LogP contribution >= 0.6 is 11.3 Å². The highest BCUT2D eigenvalue weighted by molar-refractivity contribution is 7.12. The fourth-order valence-electron chi connectivity index (χ4n) is 3.30. The molecule has 5 nitrogen and oxygen atoms in total.